The Morgan fingerprint density at radius 1 is 0.935 bits per heavy atom. The number of anilines is 1. The summed E-state index contributed by atoms with van der Waals surface area (Å²) in [7, 11) is -3.78. The number of rotatable bonds is 14. The second kappa shape index (κ2) is 12.8. The maximum Gasteiger partial charge on any atom is 0.294 e. The van der Waals surface area contributed by atoms with Gasteiger partial charge in [-0.3, -0.25) is 4.79 Å². The number of hydrogen-bond donors (Lipinski definition) is 0. The lowest BCUT2D eigenvalue weighted by Gasteiger charge is -2.41. The molecular weight excluding hydrogens is 418 g/mol. The van der Waals surface area contributed by atoms with Crippen molar-refractivity contribution in [2.45, 2.75) is 97.1 Å². The molecule has 6 heteroatoms. The van der Waals surface area contributed by atoms with Gasteiger partial charge in [-0.25, -0.2) is 0 Å². The highest BCUT2D eigenvalue weighted by molar-refractivity contribution is 6.78. The second-order valence-corrected chi connectivity index (χ2v) is 19.8. The molecule has 0 N–H and O–H groups in total. The van der Waals surface area contributed by atoms with E-state index in [-0.39, 0.29) is 5.97 Å². The Morgan fingerprint density at radius 2 is 1.48 bits per heavy atom. The Labute approximate surface area is 194 Å². The molecule has 0 atom stereocenters. The van der Waals surface area contributed by atoms with Gasteiger partial charge in [0.1, 0.15) is 0 Å². The molecule has 4 nitrogen and oxygen atoms in total. The van der Waals surface area contributed by atoms with Crippen molar-refractivity contribution in [2.24, 2.45) is 0 Å². The van der Waals surface area contributed by atoms with E-state index in [0.29, 0.717) is 29.6 Å². The Hall–Kier alpha value is -1.12. The van der Waals surface area contributed by atoms with Gasteiger partial charge in [-0.1, -0.05) is 59.7 Å². The molecular formula is C25H47NO3Si2. The predicted octanol–water partition coefficient (Wildman–Crippen LogP) is 7.23. The third kappa shape index (κ3) is 8.39. The van der Waals surface area contributed by atoms with Gasteiger partial charge in [0.05, 0.1) is 6.42 Å². The molecule has 31 heavy (non-hydrogen) atoms. The number of nitrogens with zero attached hydrogens (tertiary/aromatic N) is 1. The average Bonchev–Trinajstić information content (AvgIpc) is 2.68. The molecule has 0 aliphatic carbocycles. The molecule has 0 saturated carbocycles. The van der Waals surface area contributed by atoms with Crippen LogP contribution in [-0.4, -0.2) is 42.3 Å². The minimum atomic E-state index is -2.18. The van der Waals surface area contributed by atoms with Crippen LogP contribution in [-0.2, 0) is 13.6 Å². The molecule has 0 saturated heterocycles. The van der Waals surface area contributed by atoms with Gasteiger partial charge in [-0.15, -0.1) is 0 Å². The van der Waals surface area contributed by atoms with Crippen LogP contribution >= 0.6 is 0 Å². The van der Waals surface area contributed by atoms with Gasteiger partial charge in [0, 0.05) is 25.4 Å². The summed E-state index contributed by atoms with van der Waals surface area (Å²) < 4.78 is 12.3. The van der Waals surface area contributed by atoms with Crippen LogP contribution in [0.25, 0.3) is 0 Å². The predicted molar refractivity (Wildman–Crippen MR) is 139 cm³/mol. The highest BCUT2D eigenvalue weighted by atomic mass is 28.4. The summed E-state index contributed by atoms with van der Waals surface area (Å²) in [6, 6.07) is 11.5. The van der Waals surface area contributed by atoms with Crippen LogP contribution in [0.3, 0.4) is 0 Å². The Bertz CT molecular complexity index is 626. The molecule has 0 fully saturated rings. The van der Waals surface area contributed by atoms with E-state index in [4.69, 9.17) is 8.85 Å². The van der Waals surface area contributed by atoms with Crippen molar-refractivity contribution in [1.82, 2.24) is 0 Å². The number of carbonyl (C=O) groups excluding carboxylic acids is 1. The number of hydrogen-bond acceptors (Lipinski definition) is 4. The summed E-state index contributed by atoms with van der Waals surface area (Å²) in [6.07, 6.45) is 1.51. The zero-order valence-corrected chi connectivity index (χ0v) is 23.5. The van der Waals surface area contributed by atoms with Crippen molar-refractivity contribution in [1.29, 1.82) is 0 Å². The molecule has 0 heterocycles. The SMILES string of the molecule is CCO[Si](C)(C)CCCN(CCC(=O)O[Si](C(C)C)(C(C)C)C(C)C)c1ccccc1. The number of para-hydroxylation sites is 1. The summed E-state index contributed by atoms with van der Waals surface area (Å²) in [6.45, 7) is 22.4. The molecule has 0 aliphatic heterocycles. The van der Waals surface area contributed by atoms with Gasteiger partial charge >= 0.3 is 0 Å². The molecule has 178 valence electrons. The van der Waals surface area contributed by atoms with Crippen LogP contribution < -0.4 is 4.90 Å². The summed E-state index contributed by atoms with van der Waals surface area (Å²) in [5.41, 5.74) is 2.40. The molecule has 0 unspecified atom stereocenters. The van der Waals surface area contributed by atoms with Crippen LogP contribution in [0, 0.1) is 0 Å². The summed E-state index contributed by atoms with van der Waals surface area (Å²) in [4.78, 5) is 15.3. The molecule has 0 aliphatic rings. The molecule has 1 rings (SSSR count). The first-order valence-electron chi connectivity index (χ1n) is 12.1. The smallest absolute Gasteiger partial charge is 0.294 e. The van der Waals surface area contributed by atoms with E-state index < -0.39 is 16.6 Å². The van der Waals surface area contributed by atoms with Gasteiger partial charge < -0.3 is 13.8 Å². The summed E-state index contributed by atoms with van der Waals surface area (Å²) in [5.74, 6) is -0.0345. The zero-order chi connectivity index (χ0) is 23.7. The van der Waals surface area contributed by atoms with Crippen molar-refractivity contribution in [3.63, 3.8) is 0 Å². The molecule has 1 aromatic carbocycles. The lowest BCUT2D eigenvalue weighted by molar-refractivity contribution is -0.135. The largest absolute Gasteiger partial charge is 0.518 e. The first-order chi connectivity index (χ1) is 14.5. The van der Waals surface area contributed by atoms with Crippen LogP contribution in [0.4, 0.5) is 5.69 Å². The molecule has 0 spiro atoms. The van der Waals surface area contributed by atoms with Crippen molar-refractivity contribution < 1.29 is 13.6 Å². The molecule has 0 radical (unpaired) electrons. The molecule has 0 aromatic heterocycles. The van der Waals surface area contributed by atoms with Gasteiger partial charge in [0.2, 0.25) is 0 Å². The first kappa shape index (κ1) is 27.9. The van der Waals surface area contributed by atoms with Gasteiger partial charge in [0.25, 0.3) is 14.3 Å². The highest BCUT2D eigenvalue weighted by Gasteiger charge is 2.48. The minimum absolute atomic E-state index is 0.0345. The minimum Gasteiger partial charge on any atom is -0.518 e. The molecule has 1 aromatic rings. The molecule has 0 bridgehead atoms. The number of carbonyl (C=O) groups is 1. The van der Waals surface area contributed by atoms with E-state index in [1.165, 1.54) is 5.69 Å². The van der Waals surface area contributed by atoms with Gasteiger partial charge in [-0.2, -0.15) is 0 Å². The summed E-state index contributed by atoms with van der Waals surface area (Å²) in [5, 5.41) is 0. The van der Waals surface area contributed by atoms with Gasteiger partial charge in [-0.05, 0) is 61.2 Å². The third-order valence-corrected chi connectivity index (χ3v) is 15.1. The maximum absolute atomic E-state index is 13.0. The van der Waals surface area contributed by atoms with Crippen LogP contribution in [0.2, 0.25) is 35.8 Å². The van der Waals surface area contributed by atoms with Crippen molar-refractivity contribution in [3.05, 3.63) is 30.3 Å². The van der Waals surface area contributed by atoms with E-state index >= 15 is 0 Å². The fraction of sp³-hybridized carbons (Fsp3) is 0.720. The van der Waals surface area contributed by atoms with Crippen LogP contribution in [0.1, 0.15) is 61.3 Å². The average molecular weight is 466 g/mol. The van der Waals surface area contributed by atoms with Crippen molar-refractivity contribution >= 4 is 28.3 Å². The lowest BCUT2D eigenvalue weighted by atomic mass is 10.2. The second-order valence-electron chi connectivity index (χ2n) is 10.2. The van der Waals surface area contributed by atoms with Gasteiger partial charge in [0.15, 0.2) is 8.32 Å². The van der Waals surface area contributed by atoms with E-state index in [1.807, 2.05) is 6.07 Å². The van der Waals surface area contributed by atoms with Crippen LogP contribution in [0.5, 0.6) is 0 Å². The van der Waals surface area contributed by atoms with Crippen molar-refractivity contribution in [2.75, 3.05) is 24.6 Å². The number of benzene rings is 1. The lowest BCUT2D eigenvalue weighted by Crippen LogP contribution is -2.49. The van der Waals surface area contributed by atoms with E-state index in [9.17, 15) is 4.79 Å². The monoisotopic (exact) mass is 465 g/mol. The topological polar surface area (TPSA) is 38.8 Å². The summed E-state index contributed by atoms with van der Waals surface area (Å²) >= 11 is 0. The normalized spacial score (nSPS) is 12.6. The van der Waals surface area contributed by atoms with Crippen molar-refractivity contribution in [3.8, 4) is 0 Å². The quantitative estimate of drug-likeness (QED) is 0.272. The third-order valence-electron chi connectivity index (χ3n) is 6.45. The fourth-order valence-corrected chi connectivity index (χ4v) is 12.1. The first-order valence-corrected chi connectivity index (χ1v) is 17.4. The van der Waals surface area contributed by atoms with E-state index in [2.05, 4.69) is 90.7 Å². The standard InChI is InChI=1S/C25H47NO3Si2/c1-10-28-30(8,9)20-14-18-26(24-15-12-11-13-16-24)19-17-25(27)29-31(21(2)3,22(4)5)23(6)7/h11-13,15-16,21-23H,10,14,17-20H2,1-9H3. The Kier molecular flexibility index (Phi) is 11.5. The molecule has 0 amide bonds. The Morgan fingerprint density at radius 3 is 1.97 bits per heavy atom. The highest BCUT2D eigenvalue weighted by Crippen LogP contribution is 2.42. The van der Waals surface area contributed by atoms with E-state index in [1.54, 1.807) is 0 Å². The fourth-order valence-electron chi connectivity index (χ4n) is 5.00. The maximum atomic E-state index is 13.0. The van der Waals surface area contributed by atoms with E-state index in [0.717, 1.165) is 25.6 Å². The Balaban J connectivity index is 2.83. The zero-order valence-electron chi connectivity index (χ0n) is 21.5. The van der Waals surface area contributed by atoms with Crippen LogP contribution in [0.15, 0.2) is 30.3 Å².